The van der Waals surface area contributed by atoms with Crippen molar-refractivity contribution in [2.45, 2.75) is 36.8 Å². The summed E-state index contributed by atoms with van der Waals surface area (Å²) in [5.41, 5.74) is -0.324. The highest BCUT2D eigenvalue weighted by molar-refractivity contribution is 7.90. The number of sulfone groups is 1. The number of ether oxygens (including phenoxy) is 1. The number of rotatable bonds is 4. The maximum absolute atomic E-state index is 12.5. The molecular formula is C14H18N2O4S. The maximum atomic E-state index is 12.5. The fourth-order valence-electron chi connectivity index (χ4n) is 3.32. The van der Waals surface area contributed by atoms with Crippen LogP contribution in [-0.4, -0.2) is 37.2 Å². The van der Waals surface area contributed by atoms with Crippen molar-refractivity contribution < 1.29 is 17.9 Å². The molecule has 1 aromatic heterocycles. The van der Waals surface area contributed by atoms with Gasteiger partial charge in [-0.05, 0) is 44.1 Å². The molecule has 1 aromatic rings. The minimum atomic E-state index is -3.50. The lowest BCUT2D eigenvalue weighted by Gasteiger charge is -2.27. The summed E-state index contributed by atoms with van der Waals surface area (Å²) in [6, 6.07) is 1.64. The third-order valence-electron chi connectivity index (χ3n) is 4.41. The second-order valence-corrected chi connectivity index (χ2v) is 7.87. The van der Waals surface area contributed by atoms with E-state index in [1.165, 1.54) is 6.20 Å². The van der Waals surface area contributed by atoms with Crippen LogP contribution in [0.4, 0.5) is 0 Å². The van der Waals surface area contributed by atoms with Crippen molar-refractivity contribution in [2.75, 3.05) is 12.9 Å². The van der Waals surface area contributed by atoms with E-state index in [1.54, 1.807) is 13.0 Å². The lowest BCUT2D eigenvalue weighted by molar-refractivity contribution is -0.150. The molecule has 0 N–H and O–H groups in total. The third kappa shape index (κ3) is 2.43. The number of hydrogen-bond donors (Lipinski definition) is 0. The van der Waals surface area contributed by atoms with E-state index in [1.807, 2.05) is 0 Å². The van der Waals surface area contributed by atoms with Crippen LogP contribution in [0.1, 0.15) is 31.9 Å². The van der Waals surface area contributed by atoms with Gasteiger partial charge >= 0.3 is 5.97 Å². The Kier molecular flexibility index (Phi) is 3.27. The maximum Gasteiger partial charge on any atom is 0.318 e. The van der Waals surface area contributed by atoms with Gasteiger partial charge in [-0.2, -0.15) is 0 Å². The van der Waals surface area contributed by atoms with Gasteiger partial charge < -0.3 is 4.74 Å². The van der Waals surface area contributed by atoms with Crippen LogP contribution < -0.4 is 0 Å². The molecule has 2 aliphatic carbocycles. The molecule has 114 valence electrons. The first-order valence-electron chi connectivity index (χ1n) is 7.07. The Morgan fingerprint density at radius 1 is 1.43 bits per heavy atom. The van der Waals surface area contributed by atoms with Crippen molar-refractivity contribution in [1.29, 1.82) is 0 Å². The van der Waals surface area contributed by atoms with E-state index in [4.69, 9.17) is 4.74 Å². The van der Waals surface area contributed by atoms with E-state index in [9.17, 15) is 13.2 Å². The van der Waals surface area contributed by atoms with E-state index < -0.39 is 15.3 Å². The quantitative estimate of drug-likeness (QED) is 0.611. The Balaban J connectivity index is 2.03. The van der Waals surface area contributed by atoms with Gasteiger partial charge in [-0.25, -0.2) is 18.4 Å². The second kappa shape index (κ2) is 4.76. The van der Waals surface area contributed by atoms with Gasteiger partial charge in [0.1, 0.15) is 5.41 Å². The highest BCUT2D eigenvalue weighted by Gasteiger charge is 2.59. The SMILES string of the molecule is CCOC(=O)C1(c2ccnc(S(C)(=O)=O)n2)CC2CC2C1. The molecule has 2 aliphatic rings. The van der Waals surface area contributed by atoms with Crippen LogP contribution in [0, 0.1) is 11.8 Å². The van der Waals surface area contributed by atoms with Crippen LogP contribution in [0.15, 0.2) is 17.4 Å². The largest absolute Gasteiger partial charge is 0.465 e. The molecule has 2 unspecified atom stereocenters. The molecule has 0 saturated heterocycles. The first-order valence-corrected chi connectivity index (χ1v) is 8.97. The fourth-order valence-corrected chi connectivity index (χ4v) is 3.84. The zero-order valence-corrected chi connectivity index (χ0v) is 12.9. The molecule has 0 aliphatic heterocycles. The Morgan fingerprint density at radius 3 is 2.67 bits per heavy atom. The van der Waals surface area contributed by atoms with Gasteiger partial charge in [0, 0.05) is 12.5 Å². The van der Waals surface area contributed by atoms with Gasteiger partial charge in [-0.3, -0.25) is 4.79 Å². The Hall–Kier alpha value is -1.50. The van der Waals surface area contributed by atoms with Crippen molar-refractivity contribution >= 4 is 15.8 Å². The van der Waals surface area contributed by atoms with Crippen LogP contribution >= 0.6 is 0 Å². The molecule has 0 radical (unpaired) electrons. The third-order valence-corrected chi connectivity index (χ3v) is 5.27. The van der Waals surface area contributed by atoms with Gasteiger partial charge in [-0.15, -0.1) is 0 Å². The normalized spacial score (nSPS) is 30.8. The fraction of sp³-hybridized carbons (Fsp3) is 0.643. The monoisotopic (exact) mass is 310 g/mol. The number of carbonyl (C=O) groups is 1. The van der Waals surface area contributed by atoms with Gasteiger partial charge in [0.15, 0.2) is 0 Å². The van der Waals surface area contributed by atoms with Crippen molar-refractivity contribution in [3.8, 4) is 0 Å². The first kappa shape index (κ1) is 14.4. The molecule has 3 rings (SSSR count). The molecule has 0 aromatic carbocycles. The molecule has 2 atom stereocenters. The van der Waals surface area contributed by atoms with E-state index in [2.05, 4.69) is 9.97 Å². The summed E-state index contributed by atoms with van der Waals surface area (Å²) in [6.45, 7) is 2.07. The molecule has 7 heteroatoms. The average molecular weight is 310 g/mol. The van der Waals surface area contributed by atoms with Crippen LogP contribution in [0.25, 0.3) is 0 Å². The molecule has 2 fully saturated rings. The molecule has 21 heavy (non-hydrogen) atoms. The summed E-state index contributed by atoms with van der Waals surface area (Å²) in [6.07, 6.45) is 5.00. The summed E-state index contributed by atoms with van der Waals surface area (Å²) < 4.78 is 28.5. The molecule has 2 saturated carbocycles. The number of aromatic nitrogens is 2. The van der Waals surface area contributed by atoms with E-state index in [-0.39, 0.29) is 11.1 Å². The van der Waals surface area contributed by atoms with Gasteiger partial charge in [0.2, 0.25) is 15.0 Å². The van der Waals surface area contributed by atoms with Crippen LogP contribution in [0.3, 0.4) is 0 Å². The summed E-state index contributed by atoms with van der Waals surface area (Å²) in [5.74, 6) is 0.771. The highest BCUT2D eigenvalue weighted by atomic mass is 32.2. The smallest absolute Gasteiger partial charge is 0.318 e. The number of fused-ring (bicyclic) bond motifs is 1. The molecule has 0 bridgehead atoms. The summed E-state index contributed by atoms with van der Waals surface area (Å²) in [4.78, 5) is 20.4. The van der Waals surface area contributed by atoms with Crippen molar-refractivity contribution in [3.63, 3.8) is 0 Å². The first-order chi connectivity index (χ1) is 9.87. The van der Waals surface area contributed by atoms with E-state index >= 15 is 0 Å². The van der Waals surface area contributed by atoms with E-state index in [0.717, 1.165) is 12.7 Å². The zero-order chi connectivity index (χ0) is 15.3. The number of nitrogens with zero attached hydrogens (tertiary/aromatic N) is 2. The Morgan fingerprint density at radius 2 is 2.10 bits per heavy atom. The van der Waals surface area contributed by atoms with Gasteiger partial charge in [0.05, 0.1) is 12.3 Å². The zero-order valence-electron chi connectivity index (χ0n) is 12.1. The Labute approximate surface area is 123 Å². The predicted molar refractivity (Wildman–Crippen MR) is 74.3 cm³/mol. The highest BCUT2D eigenvalue weighted by Crippen LogP contribution is 2.60. The molecule has 0 amide bonds. The average Bonchev–Trinajstić information content (AvgIpc) is 3.05. The lowest BCUT2D eigenvalue weighted by Crippen LogP contribution is -2.37. The lowest BCUT2D eigenvalue weighted by atomic mass is 9.79. The Bertz CT molecular complexity index is 676. The standard InChI is InChI=1S/C14H18N2O4S/c1-3-20-12(17)14(7-9-6-10(9)8-14)11-4-5-15-13(16-11)21(2,18)19/h4-5,9-10H,3,6-8H2,1-2H3. The van der Waals surface area contributed by atoms with Crippen LogP contribution in [-0.2, 0) is 24.8 Å². The number of esters is 1. The van der Waals surface area contributed by atoms with Crippen molar-refractivity contribution in [1.82, 2.24) is 9.97 Å². The summed E-state index contributed by atoms with van der Waals surface area (Å²) >= 11 is 0. The summed E-state index contributed by atoms with van der Waals surface area (Å²) in [7, 11) is -3.50. The van der Waals surface area contributed by atoms with Crippen molar-refractivity contribution in [2.24, 2.45) is 11.8 Å². The molecule has 1 heterocycles. The van der Waals surface area contributed by atoms with Crippen molar-refractivity contribution in [3.05, 3.63) is 18.0 Å². The van der Waals surface area contributed by atoms with Gasteiger partial charge in [-0.1, -0.05) is 0 Å². The molecule has 6 nitrogen and oxygen atoms in total. The minimum Gasteiger partial charge on any atom is -0.465 e. The van der Waals surface area contributed by atoms with Crippen LogP contribution in [0.5, 0.6) is 0 Å². The molecular weight excluding hydrogens is 292 g/mol. The summed E-state index contributed by atoms with van der Waals surface area (Å²) in [5, 5.41) is -0.232. The van der Waals surface area contributed by atoms with E-state index in [0.29, 0.717) is 37.0 Å². The van der Waals surface area contributed by atoms with Gasteiger partial charge in [0.25, 0.3) is 0 Å². The minimum absolute atomic E-state index is 0.232. The topological polar surface area (TPSA) is 86.2 Å². The molecule has 0 spiro atoms. The number of carbonyl (C=O) groups excluding carboxylic acids is 1. The predicted octanol–water partition coefficient (Wildman–Crippen LogP) is 1.11. The van der Waals surface area contributed by atoms with Crippen LogP contribution in [0.2, 0.25) is 0 Å². The number of hydrogen-bond acceptors (Lipinski definition) is 6. The second-order valence-electron chi connectivity index (χ2n) is 5.96.